The van der Waals surface area contributed by atoms with E-state index in [9.17, 15) is 19.2 Å². The molecule has 9 heteroatoms. The van der Waals surface area contributed by atoms with E-state index in [4.69, 9.17) is 0 Å². The number of benzene rings is 1. The summed E-state index contributed by atoms with van der Waals surface area (Å²) in [5, 5.41) is 2.39. The van der Waals surface area contributed by atoms with E-state index in [1.54, 1.807) is 0 Å². The van der Waals surface area contributed by atoms with Crippen LogP contribution < -0.4 is 5.32 Å². The van der Waals surface area contributed by atoms with Crippen molar-refractivity contribution in [2.45, 2.75) is 6.04 Å². The second-order valence-electron chi connectivity index (χ2n) is 4.48. The molecule has 0 saturated carbocycles. The highest BCUT2D eigenvalue weighted by Crippen LogP contribution is 2.15. The van der Waals surface area contributed by atoms with Crippen molar-refractivity contribution < 1.29 is 33.4 Å². The Kier molecular flexibility index (Phi) is 7.25. The van der Waals surface area contributed by atoms with Crippen LogP contribution in [0.15, 0.2) is 18.2 Å². The maximum Gasteiger partial charge on any atom is 0.338 e. The lowest BCUT2D eigenvalue weighted by Gasteiger charge is -2.15. The van der Waals surface area contributed by atoms with Crippen LogP contribution in [0.3, 0.4) is 0 Å². The van der Waals surface area contributed by atoms with Crippen molar-refractivity contribution in [2.75, 3.05) is 27.1 Å². The maximum absolute atomic E-state index is 12.4. The fourth-order valence-corrected chi connectivity index (χ4v) is 2.06. The molecule has 1 amide bonds. The number of ether oxygens (including phenoxy) is 3. The van der Waals surface area contributed by atoms with Crippen molar-refractivity contribution in [3.63, 3.8) is 0 Å². The Balaban J connectivity index is 3.26. The SMILES string of the molecule is COC(=O)c1ccc(C(=O)OC)c(C(=O)NC(CS)C(=O)OC)c1. The van der Waals surface area contributed by atoms with Gasteiger partial charge in [0, 0.05) is 5.75 Å². The molecular formula is C15H17NO7S. The predicted molar refractivity (Wildman–Crippen MR) is 86.2 cm³/mol. The average Bonchev–Trinajstić information content (AvgIpc) is 2.63. The predicted octanol–water partition coefficient (Wildman–Crippen LogP) is 0.461. The molecule has 0 aliphatic heterocycles. The molecule has 24 heavy (non-hydrogen) atoms. The molecule has 0 heterocycles. The summed E-state index contributed by atoms with van der Waals surface area (Å²) in [7, 11) is 3.51. The Morgan fingerprint density at radius 2 is 1.62 bits per heavy atom. The molecule has 0 fully saturated rings. The van der Waals surface area contributed by atoms with Gasteiger partial charge in [-0.15, -0.1) is 0 Å². The molecule has 0 radical (unpaired) electrons. The van der Waals surface area contributed by atoms with Gasteiger partial charge in [-0.2, -0.15) is 12.6 Å². The van der Waals surface area contributed by atoms with Crippen LogP contribution in [-0.2, 0) is 19.0 Å². The van der Waals surface area contributed by atoms with Gasteiger partial charge in [0.15, 0.2) is 0 Å². The van der Waals surface area contributed by atoms with E-state index in [0.717, 1.165) is 7.11 Å². The van der Waals surface area contributed by atoms with E-state index < -0.39 is 29.9 Å². The van der Waals surface area contributed by atoms with Crippen molar-refractivity contribution in [3.05, 3.63) is 34.9 Å². The van der Waals surface area contributed by atoms with Crippen molar-refractivity contribution in [3.8, 4) is 0 Å². The number of hydrogen-bond donors (Lipinski definition) is 2. The minimum Gasteiger partial charge on any atom is -0.467 e. The summed E-state index contributed by atoms with van der Waals surface area (Å²) in [6.45, 7) is 0. The van der Waals surface area contributed by atoms with Gasteiger partial charge in [0.05, 0.1) is 38.0 Å². The lowest BCUT2D eigenvalue weighted by atomic mass is 10.0. The molecule has 1 aromatic rings. The zero-order valence-electron chi connectivity index (χ0n) is 13.3. The van der Waals surface area contributed by atoms with E-state index in [1.807, 2.05) is 0 Å². The minimum absolute atomic E-state index is 0.0112. The fraction of sp³-hybridized carbons (Fsp3) is 0.333. The molecular weight excluding hydrogens is 338 g/mol. The first-order chi connectivity index (χ1) is 11.4. The van der Waals surface area contributed by atoms with Gasteiger partial charge in [-0.1, -0.05) is 0 Å². The van der Waals surface area contributed by atoms with Gasteiger partial charge < -0.3 is 19.5 Å². The highest BCUT2D eigenvalue weighted by molar-refractivity contribution is 7.80. The number of esters is 3. The van der Waals surface area contributed by atoms with Crippen molar-refractivity contribution in [1.29, 1.82) is 0 Å². The molecule has 1 rings (SSSR count). The van der Waals surface area contributed by atoms with E-state index in [-0.39, 0.29) is 22.4 Å². The van der Waals surface area contributed by atoms with Crippen molar-refractivity contribution in [1.82, 2.24) is 5.32 Å². The molecule has 0 aromatic heterocycles. The van der Waals surface area contributed by atoms with Gasteiger partial charge in [-0.25, -0.2) is 14.4 Å². The summed E-state index contributed by atoms with van der Waals surface area (Å²) in [5.41, 5.74) is -0.137. The smallest absolute Gasteiger partial charge is 0.338 e. The lowest BCUT2D eigenvalue weighted by Crippen LogP contribution is -2.43. The molecule has 0 spiro atoms. The fourth-order valence-electron chi connectivity index (χ4n) is 1.82. The summed E-state index contributed by atoms with van der Waals surface area (Å²) in [5.74, 6) is -2.91. The van der Waals surface area contributed by atoms with Gasteiger partial charge in [0.25, 0.3) is 5.91 Å². The van der Waals surface area contributed by atoms with Crippen LogP contribution in [0, 0.1) is 0 Å². The third kappa shape index (κ3) is 4.48. The molecule has 1 N–H and O–H groups in total. The molecule has 1 aromatic carbocycles. The monoisotopic (exact) mass is 355 g/mol. The number of nitrogens with one attached hydrogen (secondary N) is 1. The molecule has 130 valence electrons. The van der Waals surface area contributed by atoms with E-state index in [2.05, 4.69) is 32.2 Å². The topological polar surface area (TPSA) is 108 Å². The number of rotatable bonds is 6. The molecule has 0 saturated heterocycles. The molecule has 8 nitrogen and oxygen atoms in total. The second kappa shape index (κ2) is 8.92. The van der Waals surface area contributed by atoms with Gasteiger partial charge in [-0.3, -0.25) is 4.79 Å². The van der Waals surface area contributed by atoms with Crippen LogP contribution in [0.5, 0.6) is 0 Å². The zero-order chi connectivity index (χ0) is 18.3. The van der Waals surface area contributed by atoms with Gasteiger partial charge in [0.1, 0.15) is 6.04 Å². The first kappa shape index (κ1) is 19.5. The summed E-state index contributed by atoms with van der Waals surface area (Å²) in [6.07, 6.45) is 0. The summed E-state index contributed by atoms with van der Waals surface area (Å²) in [6, 6.07) is 2.75. The Hall–Kier alpha value is -2.55. The second-order valence-corrected chi connectivity index (χ2v) is 4.84. The summed E-state index contributed by atoms with van der Waals surface area (Å²) < 4.78 is 13.7. The van der Waals surface area contributed by atoms with Crippen molar-refractivity contribution >= 4 is 36.4 Å². The van der Waals surface area contributed by atoms with Crippen LogP contribution in [0.25, 0.3) is 0 Å². The first-order valence-corrected chi connectivity index (χ1v) is 7.33. The van der Waals surface area contributed by atoms with Crippen molar-refractivity contribution in [2.24, 2.45) is 0 Å². The third-order valence-corrected chi connectivity index (χ3v) is 3.43. The largest absolute Gasteiger partial charge is 0.467 e. The number of carbonyl (C=O) groups is 4. The average molecular weight is 355 g/mol. The highest BCUT2D eigenvalue weighted by atomic mass is 32.1. The standard InChI is InChI=1S/C15H17NO7S/c1-21-13(18)8-4-5-9(14(19)22-2)10(6-8)12(17)16-11(7-24)15(20)23-3/h4-6,11,24H,7H2,1-3H3,(H,16,17). The van der Waals surface area contributed by atoms with E-state index >= 15 is 0 Å². The zero-order valence-corrected chi connectivity index (χ0v) is 14.2. The van der Waals surface area contributed by atoms with Crippen LogP contribution in [-0.4, -0.2) is 56.9 Å². The number of thiol groups is 1. The molecule has 0 bridgehead atoms. The van der Waals surface area contributed by atoms with Crippen LogP contribution in [0.2, 0.25) is 0 Å². The molecule has 0 aliphatic carbocycles. The van der Waals surface area contributed by atoms with E-state index in [1.165, 1.54) is 32.4 Å². The highest BCUT2D eigenvalue weighted by Gasteiger charge is 2.25. The number of methoxy groups -OCH3 is 3. The normalized spacial score (nSPS) is 11.2. The lowest BCUT2D eigenvalue weighted by molar-refractivity contribution is -0.142. The van der Waals surface area contributed by atoms with Crippen LogP contribution in [0.4, 0.5) is 0 Å². The molecule has 0 aliphatic rings. The third-order valence-electron chi connectivity index (χ3n) is 3.06. The number of carbonyl (C=O) groups excluding carboxylic acids is 4. The quantitative estimate of drug-likeness (QED) is 0.434. The molecule has 1 unspecified atom stereocenters. The Morgan fingerprint density at radius 3 is 2.12 bits per heavy atom. The van der Waals surface area contributed by atoms with Gasteiger partial charge in [0.2, 0.25) is 0 Å². The van der Waals surface area contributed by atoms with Crippen LogP contribution >= 0.6 is 12.6 Å². The Labute approximate surface area is 143 Å². The van der Waals surface area contributed by atoms with Gasteiger partial charge in [-0.05, 0) is 18.2 Å². The molecule has 1 atom stereocenters. The summed E-state index contributed by atoms with van der Waals surface area (Å²) in [4.78, 5) is 47.4. The maximum atomic E-state index is 12.4. The number of hydrogen-bond acceptors (Lipinski definition) is 8. The number of amides is 1. The van der Waals surface area contributed by atoms with E-state index in [0.29, 0.717) is 0 Å². The van der Waals surface area contributed by atoms with Gasteiger partial charge >= 0.3 is 17.9 Å². The Bertz CT molecular complexity index is 659. The minimum atomic E-state index is -1.02. The Morgan fingerprint density at radius 1 is 1.00 bits per heavy atom. The first-order valence-electron chi connectivity index (χ1n) is 6.69. The summed E-state index contributed by atoms with van der Waals surface area (Å²) >= 11 is 3.97. The van der Waals surface area contributed by atoms with Crippen LogP contribution in [0.1, 0.15) is 31.1 Å².